The summed E-state index contributed by atoms with van der Waals surface area (Å²) in [5.74, 6) is -0.381. The SMILES string of the molecule is Cl.O=C(CN1CCC(C(=O)O)CC1)NCCOc1ccc(Cl)cc1. The highest BCUT2D eigenvalue weighted by molar-refractivity contribution is 6.30. The summed E-state index contributed by atoms with van der Waals surface area (Å²) in [6, 6.07) is 7.04. The standard InChI is InChI=1S/C16H21ClN2O4.ClH/c17-13-1-3-14(4-2-13)23-10-7-18-15(20)11-19-8-5-12(6-9-19)16(21)22;/h1-4,12H,5-11H2,(H,18,20)(H,21,22);1H. The Morgan fingerprint density at radius 1 is 1.25 bits per heavy atom. The van der Waals surface area contributed by atoms with E-state index in [1.54, 1.807) is 24.3 Å². The second-order valence-corrected chi connectivity index (χ2v) is 5.98. The molecule has 0 atom stereocenters. The monoisotopic (exact) mass is 376 g/mol. The molecule has 2 rings (SSSR count). The number of hydrogen-bond acceptors (Lipinski definition) is 4. The number of aliphatic carboxylic acids is 1. The van der Waals surface area contributed by atoms with Gasteiger partial charge in [0.1, 0.15) is 12.4 Å². The minimum absolute atomic E-state index is 0. The predicted molar refractivity (Wildman–Crippen MR) is 94.0 cm³/mol. The molecule has 1 aromatic rings. The second kappa shape index (κ2) is 10.4. The zero-order valence-electron chi connectivity index (χ0n) is 13.2. The average molecular weight is 377 g/mol. The number of benzene rings is 1. The fraction of sp³-hybridized carbons (Fsp3) is 0.500. The van der Waals surface area contributed by atoms with E-state index in [-0.39, 0.29) is 24.2 Å². The zero-order chi connectivity index (χ0) is 16.7. The molecular weight excluding hydrogens is 355 g/mol. The fourth-order valence-corrected chi connectivity index (χ4v) is 2.61. The first kappa shape index (κ1) is 20.5. The summed E-state index contributed by atoms with van der Waals surface area (Å²) in [6.07, 6.45) is 1.20. The molecule has 1 heterocycles. The number of amides is 1. The third-order valence-electron chi connectivity index (χ3n) is 3.81. The van der Waals surface area contributed by atoms with E-state index >= 15 is 0 Å². The molecule has 1 fully saturated rings. The molecule has 1 amide bonds. The molecule has 0 saturated carbocycles. The van der Waals surface area contributed by atoms with Gasteiger partial charge in [0.05, 0.1) is 19.0 Å². The summed E-state index contributed by atoms with van der Waals surface area (Å²) in [4.78, 5) is 24.7. The lowest BCUT2D eigenvalue weighted by Crippen LogP contribution is -2.43. The lowest BCUT2D eigenvalue weighted by Gasteiger charge is -2.29. The van der Waals surface area contributed by atoms with Crippen molar-refractivity contribution in [2.45, 2.75) is 12.8 Å². The lowest BCUT2D eigenvalue weighted by molar-refractivity contribution is -0.143. The molecule has 1 aliphatic heterocycles. The van der Waals surface area contributed by atoms with Crippen molar-refractivity contribution in [3.63, 3.8) is 0 Å². The number of piperidine rings is 1. The summed E-state index contributed by atoms with van der Waals surface area (Å²) in [6.45, 7) is 2.39. The van der Waals surface area contributed by atoms with Crippen LogP contribution in [0.3, 0.4) is 0 Å². The van der Waals surface area contributed by atoms with Crippen molar-refractivity contribution in [3.05, 3.63) is 29.3 Å². The molecule has 0 bridgehead atoms. The van der Waals surface area contributed by atoms with Crippen LogP contribution in [0.15, 0.2) is 24.3 Å². The molecule has 0 spiro atoms. The maximum absolute atomic E-state index is 11.8. The quantitative estimate of drug-likeness (QED) is 0.712. The number of hydrogen-bond donors (Lipinski definition) is 2. The smallest absolute Gasteiger partial charge is 0.306 e. The molecule has 1 aromatic carbocycles. The van der Waals surface area contributed by atoms with Gasteiger partial charge in [-0.2, -0.15) is 0 Å². The van der Waals surface area contributed by atoms with E-state index in [9.17, 15) is 9.59 Å². The number of halogens is 2. The molecule has 0 unspecified atom stereocenters. The van der Waals surface area contributed by atoms with Gasteiger partial charge >= 0.3 is 5.97 Å². The topological polar surface area (TPSA) is 78.9 Å². The van der Waals surface area contributed by atoms with E-state index < -0.39 is 5.97 Å². The summed E-state index contributed by atoms with van der Waals surface area (Å²) in [7, 11) is 0. The van der Waals surface area contributed by atoms with Crippen LogP contribution in [0, 0.1) is 5.92 Å². The van der Waals surface area contributed by atoms with Crippen molar-refractivity contribution in [1.29, 1.82) is 0 Å². The third-order valence-corrected chi connectivity index (χ3v) is 4.06. The lowest BCUT2D eigenvalue weighted by atomic mass is 9.97. The average Bonchev–Trinajstić information content (AvgIpc) is 2.54. The zero-order valence-corrected chi connectivity index (χ0v) is 14.8. The third kappa shape index (κ3) is 6.95. The second-order valence-electron chi connectivity index (χ2n) is 5.54. The summed E-state index contributed by atoms with van der Waals surface area (Å²) < 4.78 is 5.49. The first-order valence-corrected chi connectivity index (χ1v) is 8.02. The van der Waals surface area contributed by atoms with Crippen molar-refractivity contribution in [1.82, 2.24) is 10.2 Å². The van der Waals surface area contributed by atoms with Gasteiger partial charge in [-0.25, -0.2) is 0 Å². The highest BCUT2D eigenvalue weighted by atomic mass is 35.5. The number of carbonyl (C=O) groups excluding carboxylic acids is 1. The molecule has 8 heteroatoms. The van der Waals surface area contributed by atoms with Crippen LogP contribution in [0.4, 0.5) is 0 Å². The van der Waals surface area contributed by atoms with E-state index in [0.29, 0.717) is 56.4 Å². The number of nitrogens with zero attached hydrogens (tertiary/aromatic N) is 1. The van der Waals surface area contributed by atoms with Crippen LogP contribution in [0.2, 0.25) is 5.02 Å². The van der Waals surface area contributed by atoms with E-state index in [0.717, 1.165) is 0 Å². The van der Waals surface area contributed by atoms with Crippen LogP contribution >= 0.6 is 24.0 Å². The van der Waals surface area contributed by atoms with Crippen LogP contribution < -0.4 is 10.1 Å². The Balaban J connectivity index is 0.00000288. The summed E-state index contributed by atoms with van der Waals surface area (Å²) >= 11 is 5.78. The first-order valence-electron chi connectivity index (χ1n) is 7.65. The van der Waals surface area contributed by atoms with Crippen LogP contribution in [0.5, 0.6) is 5.75 Å². The van der Waals surface area contributed by atoms with Gasteiger partial charge in [-0.15, -0.1) is 12.4 Å². The van der Waals surface area contributed by atoms with Gasteiger partial charge in [-0.1, -0.05) is 11.6 Å². The van der Waals surface area contributed by atoms with Crippen molar-refractivity contribution in [2.24, 2.45) is 5.92 Å². The normalized spacial score (nSPS) is 15.4. The van der Waals surface area contributed by atoms with Gasteiger partial charge in [0.15, 0.2) is 0 Å². The van der Waals surface area contributed by atoms with Gasteiger partial charge in [-0.3, -0.25) is 14.5 Å². The molecule has 0 radical (unpaired) electrons. The Kier molecular flexibility index (Phi) is 8.89. The molecular formula is C16H22Cl2N2O4. The van der Waals surface area contributed by atoms with Gasteiger partial charge in [0.25, 0.3) is 0 Å². The minimum atomic E-state index is -0.742. The van der Waals surface area contributed by atoms with Gasteiger partial charge in [0.2, 0.25) is 5.91 Å². The van der Waals surface area contributed by atoms with Gasteiger partial charge in [0, 0.05) is 5.02 Å². The Bertz CT molecular complexity index is 531. The summed E-state index contributed by atoms with van der Waals surface area (Å²) in [5.41, 5.74) is 0. The molecule has 0 aromatic heterocycles. The maximum atomic E-state index is 11.8. The molecule has 24 heavy (non-hydrogen) atoms. The fourth-order valence-electron chi connectivity index (χ4n) is 2.49. The van der Waals surface area contributed by atoms with Crippen LogP contribution in [-0.4, -0.2) is 54.7 Å². The Morgan fingerprint density at radius 2 is 1.88 bits per heavy atom. The Hall–Kier alpha value is -1.50. The van der Waals surface area contributed by atoms with Crippen LogP contribution in [0.25, 0.3) is 0 Å². The van der Waals surface area contributed by atoms with E-state index in [1.165, 1.54) is 0 Å². The van der Waals surface area contributed by atoms with E-state index in [1.807, 2.05) is 4.90 Å². The van der Waals surface area contributed by atoms with Gasteiger partial charge < -0.3 is 15.2 Å². The van der Waals surface area contributed by atoms with Crippen LogP contribution in [0.1, 0.15) is 12.8 Å². The molecule has 2 N–H and O–H groups in total. The molecule has 134 valence electrons. The number of carboxylic acids is 1. The number of likely N-dealkylation sites (tertiary alicyclic amines) is 1. The van der Waals surface area contributed by atoms with Crippen LogP contribution in [-0.2, 0) is 9.59 Å². The number of rotatable bonds is 7. The summed E-state index contributed by atoms with van der Waals surface area (Å²) in [5, 5.41) is 12.4. The Morgan fingerprint density at radius 3 is 2.46 bits per heavy atom. The predicted octanol–water partition coefficient (Wildman–Crippen LogP) is 2.05. The van der Waals surface area contributed by atoms with Crippen molar-refractivity contribution in [2.75, 3.05) is 32.8 Å². The molecule has 6 nitrogen and oxygen atoms in total. The molecule has 1 saturated heterocycles. The Labute approximate surface area is 152 Å². The van der Waals surface area contributed by atoms with Crippen molar-refractivity contribution < 1.29 is 19.4 Å². The molecule has 1 aliphatic rings. The first-order chi connectivity index (χ1) is 11.0. The van der Waals surface area contributed by atoms with Crippen molar-refractivity contribution >= 4 is 35.9 Å². The minimum Gasteiger partial charge on any atom is -0.492 e. The number of carbonyl (C=O) groups is 2. The van der Waals surface area contributed by atoms with E-state index in [4.69, 9.17) is 21.4 Å². The highest BCUT2D eigenvalue weighted by Crippen LogP contribution is 2.17. The number of nitrogens with one attached hydrogen (secondary N) is 1. The van der Waals surface area contributed by atoms with E-state index in [2.05, 4.69) is 5.32 Å². The highest BCUT2D eigenvalue weighted by Gasteiger charge is 2.25. The number of ether oxygens (including phenoxy) is 1. The largest absolute Gasteiger partial charge is 0.492 e. The maximum Gasteiger partial charge on any atom is 0.306 e. The molecule has 0 aliphatic carbocycles. The van der Waals surface area contributed by atoms with Gasteiger partial charge in [-0.05, 0) is 50.2 Å². The van der Waals surface area contributed by atoms with Crippen molar-refractivity contribution in [3.8, 4) is 5.75 Å². The number of carboxylic acid groups (broad SMARTS) is 1.